The molecule has 2 rings (SSSR count). The molecule has 0 radical (unpaired) electrons. The van der Waals surface area contributed by atoms with E-state index in [1.165, 1.54) is 5.56 Å². The van der Waals surface area contributed by atoms with Crippen LogP contribution in [0, 0.1) is 0 Å². The van der Waals surface area contributed by atoms with Gasteiger partial charge >= 0.3 is 0 Å². The van der Waals surface area contributed by atoms with Crippen LogP contribution in [-0.2, 0) is 4.79 Å². The number of rotatable bonds is 11. The summed E-state index contributed by atoms with van der Waals surface area (Å²) in [6.07, 6.45) is 3.00. The Morgan fingerprint density at radius 2 is 1.82 bits per heavy atom. The van der Waals surface area contributed by atoms with Gasteiger partial charge in [-0.1, -0.05) is 37.3 Å². The molecule has 1 heterocycles. The molecule has 1 amide bonds. The van der Waals surface area contributed by atoms with Gasteiger partial charge in [0.1, 0.15) is 0 Å². The Hall–Kier alpha value is -1.39. The van der Waals surface area contributed by atoms with Crippen LogP contribution in [0.25, 0.3) is 0 Å². The lowest BCUT2D eigenvalue weighted by atomic mass is 10.0. The molecule has 1 unspecified atom stereocenters. The van der Waals surface area contributed by atoms with Crippen molar-refractivity contribution in [3.8, 4) is 0 Å². The number of halogens is 1. The van der Waals surface area contributed by atoms with Crippen molar-refractivity contribution in [1.29, 1.82) is 0 Å². The topological polar surface area (TPSA) is 80.8 Å². The normalized spacial score (nSPS) is 16.6. The van der Waals surface area contributed by atoms with E-state index in [2.05, 4.69) is 85.1 Å². The van der Waals surface area contributed by atoms with E-state index >= 15 is 0 Å². The zero-order chi connectivity index (χ0) is 23.4. The summed E-state index contributed by atoms with van der Waals surface area (Å²) in [4.78, 5) is 19.1. The first-order valence-corrected chi connectivity index (χ1v) is 12.2. The number of nitrogens with zero attached hydrogens (tertiary/aromatic N) is 2. The number of hydrogen-bond donors (Lipinski definition) is 4. The molecule has 33 heavy (non-hydrogen) atoms. The lowest BCUT2D eigenvalue weighted by Gasteiger charge is -2.33. The van der Waals surface area contributed by atoms with Gasteiger partial charge in [0.2, 0.25) is 5.91 Å². The predicted molar refractivity (Wildman–Crippen MR) is 149 cm³/mol. The van der Waals surface area contributed by atoms with E-state index in [0.29, 0.717) is 19.1 Å². The van der Waals surface area contributed by atoms with Gasteiger partial charge in [0.25, 0.3) is 0 Å². The molecule has 0 saturated carbocycles. The molecule has 0 bridgehead atoms. The van der Waals surface area contributed by atoms with E-state index in [1.807, 2.05) is 6.07 Å². The smallest absolute Gasteiger partial charge is 0.234 e. The molecule has 1 saturated heterocycles. The van der Waals surface area contributed by atoms with Gasteiger partial charge in [-0.25, -0.2) is 0 Å². The maximum atomic E-state index is 12.0. The molecule has 1 atom stereocenters. The van der Waals surface area contributed by atoms with Crippen molar-refractivity contribution in [1.82, 2.24) is 26.2 Å². The Bertz CT molecular complexity index is 704. The number of amides is 1. The molecule has 4 N–H and O–H groups in total. The molecule has 1 aliphatic heterocycles. The van der Waals surface area contributed by atoms with Gasteiger partial charge in [0.05, 0.1) is 13.1 Å². The largest absolute Gasteiger partial charge is 0.357 e. The summed E-state index contributed by atoms with van der Waals surface area (Å²) in [7, 11) is 0. The van der Waals surface area contributed by atoms with Gasteiger partial charge in [0, 0.05) is 43.8 Å². The predicted octanol–water partition coefficient (Wildman–Crippen LogP) is 3.28. The average Bonchev–Trinajstić information content (AvgIpc) is 2.78. The minimum absolute atomic E-state index is 0. The summed E-state index contributed by atoms with van der Waals surface area (Å²) in [5.74, 6) is 1.00. The number of aliphatic imine (C=N–C) groups is 1. The van der Waals surface area contributed by atoms with Crippen molar-refractivity contribution in [2.24, 2.45) is 4.99 Å². The van der Waals surface area contributed by atoms with E-state index in [9.17, 15) is 4.79 Å². The quantitative estimate of drug-likeness (QED) is 0.186. The standard InChI is InChI=1S/C25H44N6O.HI/c1-6-15-27-23(32)18-31-16-13-22(14-17-31)29-24(26-7-2)28-19-25(4,5)30-20(3)21-11-9-8-10-12-21;/h8-12,20,22,30H,6-7,13-19H2,1-5H3,(H,27,32)(H2,26,28,29);1H. The van der Waals surface area contributed by atoms with Crippen LogP contribution >= 0.6 is 24.0 Å². The molecule has 0 aliphatic carbocycles. The summed E-state index contributed by atoms with van der Waals surface area (Å²) in [6, 6.07) is 11.2. The van der Waals surface area contributed by atoms with Crippen molar-refractivity contribution in [2.45, 2.75) is 71.5 Å². The average molecular weight is 573 g/mol. The second-order valence-electron chi connectivity index (χ2n) is 9.40. The highest BCUT2D eigenvalue weighted by Crippen LogP contribution is 2.16. The monoisotopic (exact) mass is 572 g/mol. The van der Waals surface area contributed by atoms with Crippen molar-refractivity contribution in [2.75, 3.05) is 39.3 Å². The van der Waals surface area contributed by atoms with Gasteiger partial charge in [-0.15, -0.1) is 24.0 Å². The fourth-order valence-electron chi connectivity index (χ4n) is 4.01. The summed E-state index contributed by atoms with van der Waals surface area (Å²) in [6.45, 7) is 15.4. The van der Waals surface area contributed by atoms with Crippen LogP contribution < -0.4 is 21.3 Å². The lowest BCUT2D eigenvalue weighted by Crippen LogP contribution is -2.51. The highest BCUT2D eigenvalue weighted by molar-refractivity contribution is 14.0. The first-order chi connectivity index (χ1) is 15.3. The Morgan fingerprint density at radius 3 is 2.42 bits per heavy atom. The summed E-state index contributed by atoms with van der Waals surface area (Å²) in [5.41, 5.74) is 1.15. The van der Waals surface area contributed by atoms with E-state index in [-0.39, 0.29) is 41.5 Å². The van der Waals surface area contributed by atoms with Gasteiger partial charge in [-0.3, -0.25) is 14.7 Å². The van der Waals surface area contributed by atoms with Crippen molar-refractivity contribution in [3.63, 3.8) is 0 Å². The number of nitrogens with one attached hydrogen (secondary N) is 4. The number of carbonyl (C=O) groups excluding carboxylic acids is 1. The Morgan fingerprint density at radius 1 is 1.15 bits per heavy atom. The fourth-order valence-corrected chi connectivity index (χ4v) is 4.01. The molecule has 0 aromatic heterocycles. The molecule has 188 valence electrons. The number of guanidine groups is 1. The summed E-state index contributed by atoms with van der Waals surface area (Å²) < 4.78 is 0. The van der Waals surface area contributed by atoms with Crippen molar-refractivity contribution >= 4 is 35.8 Å². The van der Waals surface area contributed by atoms with Crippen LogP contribution in [-0.4, -0.2) is 67.6 Å². The van der Waals surface area contributed by atoms with E-state index in [1.54, 1.807) is 0 Å². The van der Waals surface area contributed by atoms with E-state index in [4.69, 9.17) is 4.99 Å². The third-order valence-corrected chi connectivity index (χ3v) is 5.75. The molecule has 1 aromatic rings. The maximum Gasteiger partial charge on any atom is 0.234 e. The highest BCUT2D eigenvalue weighted by Gasteiger charge is 2.23. The van der Waals surface area contributed by atoms with Crippen LogP contribution in [0.15, 0.2) is 35.3 Å². The molecule has 8 heteroatoms. The minimum Gasteiger partial charge on any atom is -0.357 e. The maximum absolute atomic E-state index is 12.0. The van der Waals surface area contributed by atoms with Gasteiger partial charge in [-0.2, -0.15) is 0 Å². The van der Waals surface area contributed by atoms with Crippen LogP contribution in [0.4, 0.5) is 0 Å². The third-order valence-electron chi connectivity index (χ3n) is 5.75. The Labute approximate surface area is 218 Å². The molecular formula is C25H45IN6O. The number of likely N-dealkylation sites (tertiary alicyclic amines) is 1. The zero-order valence-electron chi connectivity index (χ0n) is 21.1. The first-order valence-electron chi connectivity index (χ1n) is 12.2. The number of benzene rings is 1. The molecule has 7 nitrogen and oxygen atoms in total. The zero-order valence-corrected chi connectivity index (χ0v) is 23.4. The molecular weight excluding hydrogens is 527 g/mol. The van der Waals surface area contributed by atoms with E-state index in [0.717, 1.165) is 51.4 Å². The van der Waals surface area contributed by atoms with Crippen LogP contribution in [0.5, 0.6) is 0 Å². The highest BCUT2D eigenvalue weighted by atomic mass is 127. The number of piperidine rings is 1. The lowest BCUT2D eigenvalue weighted by molar-refractivity contribution is -0.122. The second-order valence-corrected chi connectivity index (χ2v) is 9.40. The molecule has 1 aliphatic rings. The van der Waals surface area contributed by atoms with Gasteiger partial charge < -0.3 is 21.3 Å². The SMILES string of the molecule is CCCNC(=O)CN1CCC(NC(=NCC(C)(C)NC(C)c2ccccc2)NCC)CC1.I. The Balaban J connectivity index is 0.00000544. The second kappa shape index (κ2) is 15.5. The molecule has 1 fully saturated rings. The van der Waals surface area contributed by atoms with Crippen LogP contribution in [0.3, 0.4) is 0 Å². The Kier molecular flexibility index (Phi) is 13.9. The molecule has 0 spiro atoms. The van der Waals surface area contributed by atoms with Gasteiger partial charge in [-0.05, 0) is 52.5 Å². The fraction of sp³-hybridized carbons (Fsp3) is 0.680. The van der Waals surface area contributed by atoms with Gasteiger partial charge in [0.15, 0.2) is 5.96 Å². The van der Waals surface area contributed by atoms with Crippen LogP contribution in [0.1, 0.15) is 65.5 Å². The first kappa shape index (κ1) is 29.6. The van der Waals surface area contributed by atoms with Crippen molar-refractivity contribution in [3.05, 3.63) is 35.9 Å². The number of hydrogen-bond acceptors (Lipinski definition) is 4. The minimum atomic E-state index is -0.132. The molecule has 1 aromatic carbocycles. The van der Waals surface area contributed by atoms with E-state index < -0.39 is 0 Å². The summed E-state index contributed by atoms with van der Waals surface area (Å²) >= 11 is 0. The van der Waals surface area contributed by atoms with Crippen molar-refractivity contribution < 1.29 is 4.79 Å². The van der Waals surface area contributed by atoms with Crippen LogP contribution in [0.2, 0.25) is 0 Å². The summed E-state index contributed by atoms with van der Waals surface area (Å²) in [5, 5.41) is 13.7. The third kappa shape index (κ3) is 11.5. The number of carbonyl (C=O) groups is 1.